The molecule has 4 aromatic carbocycles. The molecule has 1 unspecified atom stereocenters. The van der Waals surface area contributed by atoms with Crippen molar-refractivity contribution >= 4 is 34.6 Å². The minimum Gasteiger partial charge on any atom is -0.487 e. The summed E-state index contributed by atoms with van der Waals surface area (Å²) >= 11 is 5.46. The fourth-order valence-corrected chi connectivity index (χ4v) is 3.89. The summed E-state index contributed by atoms with van der Waals surface area (Å²) in [4.78, 5) is 12.7. The van der Waals surface area contributed by atoms with E-state index >= 15 is 0 Å². The number of nitrogens with one attached hydrogen (secondary N) is 3. The summed E-state index contributed by atoms with van der Waals surface area (Å²) < 4.78 is 33.4. The van der Waals surface area contributed by atoms with Gasteiger partial charge < -0.3 is 20.7 Å². The number of hydrogen-bond acceptors (Lipinski definition) is 3. The van der Waals surface area contributed by atoms with E-state index in [9.17, 15) is 13.6 Å². The number of rotatable bonds is 8. The molecule has 0 saturated carbocycles. The third-order valence-corrected chi connectivity index (χ3v) is 5.78. The first kappa shape index (κ1) is 25.8. The second kappa shape index (κ2) is 12.1. The van der Waals surface area contributed by atoms with Gasteiger partial charge in [0.25, 0.3) is 5.91 Å². The number of carbonyl (C=O) groups excluding carboxylic acids is 1. The van der Waals surface area contributed by atoms with Crippen LogP contribution in [-0.4, -0.2) is 11.0 Å². The molecule has 0 heterocycles. The Kier molecular flexibility index (Phi) is 8.43. The normalized spacial score (nSPS) is 11.3. The van der Waals surface area contributed by atoms with E-state index in [4.69, 9.17) is 17.0 Å². The van der Waals surface area contributed by atoms with Crippen LogP contribution in [0.3, 0.4) is 0 Å². The van der Waals surface area contributed by atoms with Gasteiger partial charge in [-0.3, -0.25) is 4.79 Å². The maximum Gasteiger partial charge on any atom is 0.258 e. The molecular weight excluding hydrogens is 492 g/mol. The molecule has 5 nitrogen and oxygen atoms in total. The topological polar surface area (TPSA) is 62.4 Å². The third kappa shape index (κ3) is 7.11. The van der Waals surface area contributed by atoms with Gasteiger partial charge in [-0.05, 0) is 66.7 Å². The predicted molar refractivity (Wildman–Crippen MR) is 146 cm³/mol. The molecule has 0 bridgehead atoms. The highest BCUT2D eigenvalue weighted by molar-refractivity contribution is 7.80. The molecular formula is C29H25F2N3O2S. The molecule has 0 aromatic heterocycles. The van der Waals surface area contributed by atoms with Crippen LogP contribution in [0, 0.1) is 11.6 Å². The molecule has 3 N–H and O–H groups in total. The van der Waals surface area contributed by atoms with Crippen molar-refractivity contribution in [3.8, 4) is 5.75 Å². The minimum absolute atomic E-state index is 0.0705. The highest BCUT2D eigenvalue weighted by atomic mass is 32.1. The molecule has 0 radical (unpaired) electrons. The van der Waals surface area contributed by atoms with Gasteiger partial charge in [0.2, 0.25) is 0 Å². The number of hydrogen-bond donors (Lipinski definition) is 3. The van der Waals surface area contributed by atoms with Crippen molar-refractivity contribution in [1.82, 2.24) is 5.32 Å². The lowest BCUT2D eigenvalue weighted by molar-refractivity contribution is 0.102. The third-order valence-electron chi connectivity index (χ3n) is 5.56. The molecule has 0 saturated heterocycles. The lowest BCUT2D eigenvalue weighted by Gasteiger charge is -2.19. The molecule has 0 spiro atoms. The lowest BCUT2D eigenvalue weighted by atomic mass is 10.1. The molecule has 8 heteroatoms. The number of halogens is 2. The smallest absolute Gasteiger partial charge is 0.258 e. The first-order valence-electron chi connectivity index (χ1n) is 11.6. The van der Waals surface area contributed by atoms with Gasteiger partial charge in [-0.25, -0.2) is 8.78 Å². The molecule has 0 fully saturated rings. The predicted octanol–water partition coefficient (Wildman–Crippen LogP) is 6.84. The first-order chi connectivity index (χ1) is 17.9. The maximum absolute atomic E-state index is 14.1. The number of carbonyl (C=O) groups is 1. The van der Waals surface area contributed by atoms with Crippen LogP contribution in [0.25, 0.3) is 0 Å². The molecule has 37 heavy (non-hydrogen) atoms. The van der Waals surface area contributed by atoms with E-state index < -0.39 is 11.7 Å². The van der Waals surface area contributed by atoms with E-state index in [2.05, 4.69) is 16.0 Å². The van der Waals surface area contributed by atoms with Crippen LogP contribution in [0.1, 0.15) is 34.5 Å². The molecule has 1 amide bonds. The maximum atomic E-state index is 14.1. The second-order valence-electron chi connectivity index (χ2n) is 8.29. The zero-order valence-corrected chi connectivity index (χ0v) is 20.8. The van der Waals surface area contributed by atoms with Crippen molar-refractivity contribution in [3.05, 3.63) is 125 Å². The van der Waals surface area contributed by atoms with Gasteiger partial charge in [0, 0.05) is 11.8 Å². The van der Waals surface area contributed by atoms with Crippen molar-refractivity contribution < 1.29 is 18.3 Å². The van der Waals surface area contributed by atoms with Crippen LogP contribution in [0.15, 0.2) is 97.1 Å². The van der Waals surface area contributed by atoms with E-state index in [1.165, 1.54) is 30.3 Å². The molecule has 0 aliphatic heterocycles. The van der Waals surface area contributed by atoms with Crippen LogP contribution in [-0.2, 0) is 6.61 Å². The van der Waals surface area contributed by atoms with E-state index in [0.29, 0.717) is 22.2 Å². The van der Waals surface area contributed by atoms with Gasteiger partial charge in [-0.15, -0.1) is 0 Å². The molecule has 188 valence electrons. The fourth-order valence-electron chi connectivity index (χ4n) is 3.59. The van der Waals surface area contributed by atoms with Gasteiger partial charge in [0.15, 0.2) is 5.11 Å². The number of ether oxygens (including phenoxy) is 1. The number of benzene rings is 4. The summed E-state index contributed by atoms with van der Waals surface area (Å²) in [7, 11) is 0. The molecule has 4 aromatic rings. The summed E-state index contributed by atoms with van der Waals surface area (Å²) in [5.74, 6) is -1.12. The van der Waals surface area contributed by atoms with Crippen molar-refractivity contribution in [3.63, 3.8) is 0 Å². The summed E-state index contributed by atoms with van der Waals surface area (Å²) in [6.07, 6.45) is 0. The molecule has 4 rings (SSSR count). The fraction of sp³-hybridized carbons (Fsp3) is 0.103. The number of amides is 1. The van der Waals surface area contributed by atoms with Gasteiger partial charge in [-0.1, -0.05) is 54.6 Å². The van der Waals surface area contributed by atoms with Gasteiger partial charge in [0.05, 0.1) is 17.3 Å². The largest absolute Gasteiger partial charge is 0.487 e. The van der Waals surface area contributed by atoms with Crippen molar-refractivity contribution in [2.45, 2.75) is 19.6 Å². The molecule has 0 aliphatic carbocycles. The summed E-state index contributed by atoms with van der Waals surface area (Å²) in [6, 6.07) is 26.5. The zero-order valence-electron chi connectivity index (χ0n) is 20.0. The van der Waals surface area contributed by atoms with Crippen molar-refractivity contribution in [2.75, 3.05) is 10.6 Å². The lowest BCUT2D eigenvalue weighted by Crippen LogP contribution is -2.30. The van der Waals surface area contributed by atoms with Crippen molar-refractivity contribution in [2.24, 2.45) is 0 Å². The van der Waals surface area contributed by atoms with Gasteiger partial charge in [0.1, 0.15) is 24.0 Å². The Hall–Kier alpha value is -4.30. The Balaban J connectivity index is 1.50. The second-order valence-corrected chi connectivity index (χ2v) is 8.70. The Labute approximate surface area is 219 Å². The Morgan fingerprint density at radius 2 is 1.59 bits per heavy atom. The summed E-state index contributed by atoms with van der Waals surface area (Å²) in [6.45, 7) is 2.17. The SMILES string of the molecule is CC(NC(=S)Nc1ccc(NC(=O)c2ccccc2F)c(OCc2ccccc2)c1)c1ccc(F)cc1. The van der Waals surface area contributed by atoms with Crippen LogP contribution < -0.4 is 20.7 Å². The Morgan fingerprint density at radius 3 is 2.32 bits per heavy atom. The minimum atomic E-state index is -0.614. The van der Waals surface area contributed by atoms with E-state index in [1.807, 2.05) is 37.3 Å². The van der Waals surface area contributed by atoms with Gasteiger partial charge >= 0.3 is 0 Å². The number of thiocarbonyl (C=S) groups is 1. The van der Waals surface area contributed by atoms with Crippen LogP contribution in [0.4, 0.5) is 20.2 Å². The van der Waals surface area contributed by atoms with Crippen LogP contribution in [0.2, 0.25) is 0 Å². The molecule has 1 atom stereocenters. The zero-order chi connectivity index (χ0) is 26.2. The van der Waals surface area contributed by atoms with Crippen molar-refractivity contribution in [1.29, 1.82) is 0 Å². The monoisotopic (exact) mass is 517 g/mol. The Morgan fingerprint density at radius 1 is 0.892 bits per heavy atom. The quantitative estimate of drug-likeness (QED) is 0.223. The molecule has 0 aliphatic rings. The Bertz CT molecular complexity index is 1380. The van der Waals surface area contributed by atoms with E-state index in [0.717, 1.165) is 11.1 Å². The van der Waals surface area contributed by atoms with E-state index in [1.54, 1.807) is 36.4 Å². The van der Waals surface area contributed by atoms with E-state index in [-0.39, 0.29) is 24.0 Å². The van der Waals surface area contributed by atoms with Crippen LogP contribution >= 0.6 is 12.2 Å². The van der Waals surface area contributed by atoms with Gasteiger partial charge in [-0.2, -0.15) is 0 Å². The first-order valence-corrected chi connectivity index (χ1v) is 12.0. The average molecular weight is 518 g/mol. The highest BCUT2D eigenvalue weighted by Crippen LogP contribution is 2.30. The number of anilines is 2. The summed E-state index contributed by atoms with van der Waals surface area (Å²) in [5, 5.41) is 9.36. The van der Waals surface area contributed by atoms with Crippen LogP contribution in [0.5, 0.6) is 5.75 Å². The summed E-state index contributed by atoms with van der Waals surface area (Å²) in [5.41, 5.74) is 2.75. The average Bonchev–Trinajstić information content (AvgIpc) is 2.89. The highest BCUT2D eigenvalue weighted by Gasteiger charge is 2.15. The standard InChI is InChI=1S/C29H25F2N3O2S/c1-19(21-11-13-22(30)14-12-21)32-29(37)33-23-15-16-26(34-28(35)24-9-5-6-10-25(24)31)27(17-23)36-18-20-7-3-2-4-8-20/h2-17,19H,18H2,1H3,(H,34,35)(H2,32,33,37).